The molecular formula is C10H14ClNOS. The van der Waals surface area contributed by atoms with E-state index in [-0.39, 0.29) is 5.91 Å². The van der Waals surface area contributed by atoms with E-state index in [1.165, 1.54) is 9.78 Å². The smallest absolute Gasteiger partial charge is 0.245 e. The van der Waals surface area contributed by atoms with Gasteiger partial charge in [0.05, 0.1) is 0 Å². The van der Waals surface area contributed by atoms with E-state index >= 15 is 0 Å². The summed E-state index contributed by atoms with van der Waals surface area (Å²) in [5.74, 6) is -0.0591. The van der Waals surface area contributed by atoms with Gasteiger partial charge in [-0.2, -0.15) is 0 Å². The third-order valence-electron chi connectivity index (χ3n) is 1.94. The summed E-state index contributed by atoms with van der Waals surface area (Å²) in [5, 5.41) is -0.532. The molecule has 0 fully saturated rings. The van der Waals surface area contributed by atoms with Crippen molar-refractivity contribution in [3.8, 4) is 0 Å². The van der Waals surface area contributed by atoms with Gasteiger partial charge in [0, 0.05) is 23.8 Å². The van der Waals surface area contributed by atoms with Crippen LogP contribution in [0.3, 0.4) is 0 Å². The fraction of sp³-hybridized carbons (Fsp3) is 0.500. The molecule has 0 bridgehead atoms. The van der Waals surface area contributed by atoms with Gasteiger partial charge in [0.1, 0.15) is 5.38 Å². The number of hydrogen-bond acceptors (Lipinski definition) is 2. The van der Waals surface area contributed by atoms with E-state index in [2.05, 4.69) is 6.92 Å². The van der Waals surface area contributed by atoms with E-state index in [9.17, 15) is 4.79 Å². The number of nitrogens with zero attached hydrogens (tertiary/aromatic N) is 1. The number of aryl methyl sites for hydroxylation is 1. The van der Waals surface area contributed by atoms with E-state index in [1.807, 2.05) is 12.1 Å². The minimum atomic E-state index is -0.532. The highest BCUT2D eigenvalue weighted by atomic mass is 35.5. The Hall–Kier alpha value is -0.540. The number of carbonyl (C=O) groups is 1. The van der Waals surface area contributed by atoms with Crippen LogP contribution < -0.4 is 0 Å². The third-order valence-corrected chi connectivity index (χ3v) is 3.78. The molecule has 0 aromatic carbocycles. The van der Waals surface area contributed by atoms with Crippen LogP contribution in [0.25, 0.3) is 0 Å². The Morgan fingerprint density at radius 3 is 2.64 bits per heavy atom. The topological polar surface area (TPSA) is 20.3 Å². The highest BCUT2D eigenvalue weighted by molar-refractivity contribution is 7.12. The van der Waals surface area contributed by atoms with Crippen LogP contribution in [0.1, 0.15) is 22.1 Å². The summed E-state index contributed by atoms with van der Waals surface area (Å²) in [4.78, 5) is 15.3. The predicted octanol–water partition coefficient (Wildman–Crippen LogP) is 2.68. The van der Waals surface area contributed by atoms with Gasteiger partial charge in [-0.05, 0) is 18.6 Å². The summed E-state index contributed by atoms with van der Waals surface area (Å²) in [5.41, 5.74) is 0. The van der Waals surface area contributed by atoms with Gasteiger partial charge in [-0.3, -0.25) is 4.79 Å². The number of halogens is 1. The van der Waals surface area contributed by atoms with Crippen LogP contribution in [-0.4, -0.2) is 24.9 Å². The van der Waals surface area contributed by atoms with Crippen molar-refractivity contribution in [1.82, 2.24) is 4.90 Å². The average Bonchev–Trinajstić information content (AvgIpc) is 2.63. The van der Waals surface area contributed by atoms with Gasteiger partial charge < -0.3 is 4.90 Å². The largest absolute Gasteiger partial charge is 0.347 e. The van der Waals surface area contributed by atoms with Crippen LogP contribution in [0, 0.1) is 0 Å². The molecule has 0 spiro atoms. The lowest BCUT2D eigenvalue weighted by Gasteiger charge is -2.13. The zero-order chi connectivity index (χ0) is 10.7. The Kier molecular flexibility index (Phi) is 3.96. The molecule has 0 aliphatic rings. The molecule has 1 amide bonds. The second-order valence-electron chi connectivity index (χ2n) is 3.25. The van der Waals surface area contributed by atoms with Crippen molar-refractivity contribution >= 4 is 28.8 Å². The first kappa shape index (κ1) is 11.5. The number of alkyl halides is 1. The molecule has 1 rings (SSSR count). The van der Waals surface area contributed by atoms with Crippen LogP contribution in [0.2, 0.25) is 0 Å². The van der Waals surface area contributed by atoms with Crippen molar-refractivity contribution in [2.45, 2.75) is 18.7 Å². The fourth-order valence-electron chi connectivity index (χ4n) is 1.07. The fourth-order valence-corrected chi connectivity index (χ4v) is 2.39. The maximum atomic E-state index is 11.5. The molecule has 14 heavy (non-hydrogen) atoms. The number of likely N-dealkylation sites (N-methyl/N-ethyl adjacent to an activating group) is 1. The lowest BCUT2D eigenvalue weighted by Crippen LogP contribution is -2.25. The molecule has 1 atom stereocenters. The maximum Gasteiger partial charge on any atom is 0.245 e. The van der Waals surface area contributed by atoms with E-state index < -0.39 is 5.38 Å². The Bertz CT molecular complexity index is 322. The molecule has 0 aliphatic carbocycles. The first-order valence-corrected chi connectivity index (χ1v) is 5.75. The zero-order valence-electron chi connectivity index (χ0n) is 8.58. The molecule has 1 aromatic heterocycles. The van der Waals surface area contributed by atoms with Gasteiger partial charge >= 0.3 is 0 Å². The molecule has 78 valence electrons. The van der Waals surface area contributed by atoms with Gasteiger partial charge in [0.2, 0.25) is 5.91 Å². The summed E-state index contributed by atoms with van der Waals surface area (Å²) in [6, 6.07) is 3.96. The second-order valence-corrected chi connectivity index (χ2v) is 4.89. The first-order chi connectivity index (χ1) is 6.56. The molecule has 1 heterocycles. The monoisotopic (exact) mass is 231 g/mol. The van der Waals surface area contributed by atoms with Crippen LogP contribution in [0.4, 0.5) is 0 Å². The lowest BCUT2D eigenvalue weighted by molar-refractivity contribution is -0.128. The van der Waals surface area contributed by atoms with Gasteiger partial charge in [-0.1, -0.05) is 6.92 Å². The van der Waals surface area contributed by atoms with Crippen molar-refractivity contribution in [3.05, 3.63) is 21.9 Å². The Labute approximate surface area is 93.5 Å². The van der Waals surface area contributed by atoms with Crippen molar-refractivity contribution in [2.75, 3.05) is 14.1 Å². The molecule has 1 unspecified atom stereocenters. The van der Waals surface area contributed by atoms with E-state index in [0.29, 0.717) is 0 Å². The Morgan fingerprint density at radius 1 is 1.57 bits per heavy atom. The minimum absolute atomic E-state index is 0.0591. The third kappa shape index (κ3) is 2.49. The van der Waals surface area contributed by atoms with E-state index in [0.717, 1.165) is 11.3 Å². The van der Waals surface area contributed by atoms with E-state index in [1.54, 1.807) is 25.4 Å². The summed E-state index contributed by atoms with van der Waals surface area (Å²) in [6.45, 7) is 2.09. The molecule has 2 nitrogen and oxygen atoms in total. The summed E-state index contributed by atoms with van der Waals surface area (Å²) in [7, 11) is 3.43. The normalized spacial score (nSPS) is 12.6. The van der Waals surface area contributed by atoms with Crippen molar-refractivity contribution in [3.63, 3.8) is 0 Å². The molecule has 0 saturated heterocycles. The number of rotatable bonds is 3. The zero-order valence-corrected chi connectivity index (χ0v) is 10.2. The van der Waals surface area contributed by atoms with Crippen LogP contribution >= 0.6 is 22.9 Å². The van der Waals surface area contributed by atoms with Gasteiger partial charge in [-0.25, -0.2) is 0 Å². The number of hydrogen-bond donors (Lipinski definition) is 0. The molecule has 4 heteroatoms. The van der Waals surface area contributed by atoms with E-state index in [4.69, 9.17) is 11.6 Å². The van der Waals surface area contributed by atoms with Crippen LogP contribution in [-0.2, 0) is 11.2 Å². The number of thiophene rings is 1. The summed E-state index contributed by atoms with van der Waals surface area (Å²) in [6.07, 6.45) is 0.991. The SMILES string of the molecule is CCc1ccc(C(Cl)C(=O)N(C)C)s1. The van der Waals surface area contributed by atoms with Crippen molar-refractivity contribution in [2.24, 2.45) is 0 Å². The molecule has 0 N–H and O–H groups in total. The molecular weight excluding hydrogens is 218 g/mol. The van der Waals surface area contributed by atoms with Gasteiger partial charge in [0.25, 0.3) is 0 Å². The standard InChI is InChI=1S/C10H14ClNOS/c1-4-7-5-6-8(14-7)9(11)10(13)12(2)3/h5-6,9H,4H2,1-3H3. The van der Waals surface area contributed by atoms with Crippen molar-refractivity contribution < 1.29 is 4.79 Å². The first-order valence-electron chi connectivity index (χ1n) is 4.50. The molecule has 0 saturated carbocycles. The molecule has 1 aromatic rings. The lowest BCUT2D eigenvalue weighted by atomic mass is 10.3. The van der Waals surface area contributed by atoms with Crippen molar-refractivity contribution in [1.29, 1.82) is 0 Å². The average molecular weight is 232 g/mol. The maximum absolute atomic E-state index is 11.5. The number of carbonyl (C=O) groups excluding carboxylic acids is 1. The van der Waals surface area contributed by atoms with Gasteiger partial charge in [0.15, 0.2) is 0 Å². The number of amides is 1. The van der Waals surface area contributed by atoms with Crippen LogP contribution in [0.15, 0.2) is 12.1 Å². The Balaban J connectivity index is 2.78. The quantitative estimate of drug-likeness (QED) is 0.733. The molecule has 0 radical (unpaired) electrons. The minimum Gasteiger partial charge on any atom is -0.347 e. The predicted molar refractivity (Wildman–Crippen MR) is 61.0 cm³/mol. The second kappa shape index (κ2) is 4.80. The van der Waals surface area contributed by atoms with Gasteiger partial charge in [-0.15, -0.1) is 22.9 Å². The highest BCUT2D eigenvalue weighted by Crippen LogP contribution is 2.29. The summed E-state index contributed by atoms with van der Waals surface area (Å²) < 4.78 is 0. The molecule has 0 aliphatic heterocycles. The summed E-state index contributed by atoms with van der Waals surface area (Å²) >= 11 is 7.65. The highest BCUT2D eigenvalue weighted by Gasteiger charge is 2.20. The Morgan fingerprint density at radius 2 is 2.21 bits per heavy atom. The van der Waals surface area contributed by atoms with Crippen LogP contribution in [0.5, 0.6) is 0 Å².